The van der Waals surface area contributed by atoms with Crippen molar-refractivity contribution in [3.05, 3.63) is 29.8 Å². The van der Waals surface area contributed by atoms with E-state index in [4.69, 9.17) is 4.74 Å². The molecule has 0 radical (unpaired) electrons. The van der Waals surface area contributed by atoms with Crippen molar-refractivity contribution < 1.29 is 9.84 Å². The van der Waals surface area contributed by atoms with Crippen molar-refractivity contribution in [3.63, 3.8) is 0 Å². The first kappa shape index (κ1) is 11.5. The number of aliphatic hydroxyl groups is 1. The summed E-state index contributed by atoms with van der Waals surface area (Å²) in [7, 11) is 0. The van der Waals surface area contributed by atoms with Gasteiger partial charge in [0.1, 0.15) is 5.75 Å². The molecule has 1 atom stereocenters. The maximum atomic E-state index is 10.1. The molecule has 88 valence electrons. The van der Waals surface area contributed by atoms with E-state index in [0.717, 1.165) is 37.2 Å². The molecule has 1 unspecified atom stereocenters. The lowest BCUT2D eigenvalue weighted by Gasteiger charge is -2.30. The van der Waals surface area contributed by atoms with E-state index in [2.05, 4.69) is 6.92 Å². The van der Waals surface area contributed by atoms with Gasteiger partial charge in [-0.15, -0.1) is 0 Å². The summed E-state index contributed by atoms with van der Waals surface area (Å²) >= 11 is 0. The molecule has 1 aromatic carbocycles. The van der Waals surface area contributed by atoms with Crippen molar-refractivity contribution in [2.75, 3.05) is 6.61 Å². The van der Waals surface area contributed by atoms with Crippen LogP contribution < -0.4 is 4.74 Å². The second kappa shape index (κ2) is 5.35. The van der Waals surface area contributed by atoms with Crippen LogP contribution in [0.3, 0.4) is 0 Å². The van der Waals surface area contributed by atoms with Crippen molar-refractivity contribution >= 4 is 0 Å². The molecule has 0 spiro atoms. The minimum Gasteiger partial charge on any atom is -0.494 e. The van der Waals surface area contributed by atoms with Gasteiger partial charge >= 0.3 is 0 Å². The highest BCUT2D eigenvalue weighted by molar-refractivity contribution is 5.29. The lowest BCUT2D eigenvalue weighted by molar-refractivity contribution is 0.0620. The fourth-order valence-electron chi connectivity index (χ4n) is 2.01. The largest absolute Gasteiger partial charge is 0.494 e. The van der Waals surface area contributed by atoms with E-state index in [1.165, 1.54) is 6.42 Å². The topological polar surface area (TPSA) is 29.5 Å². The van der Waals surface area contributed by atoms with Crippen LogP contribution >= 0.6 is 0 Å². The summed E-state index contributed by atoms with van der Waals surface area (Å²) in [5.74, 6) is 1.37. The lowest BCUT2D eigenvalue weighted by Crippen LogP contribution is -2.19. The van der Waals surface area contributed by atoms with Crippen LogP contribution in [-0.2, 0) is 0 Å². The molecule has 0 aliphatic heterocycles. The molecule has 1 saturated carbocycles. The molecule has 2 nitrogen and oxygen atoms in total. The van der Waals surface area contributed by atoms with Gasteiger partial charge < -0.3 is 9.84 Å². The first-order chi connectivity index (χ1) is 7.81. The van der Waals surface area contributed by atoms with Crippen LogP contribution in [0.25, 0.3) is 0 Å². The van der Waals surface area contributed by atoms with Gasteiger partial charge in [0.2, 0.25) is 0 Å². The molecule has 16 heavy (non-hydrogen) atoms. The van der Waals surface area contributed by atoms with Gasteiger partial charge in [0, 0.05) is 0 Å². The van der Waals surface area contributed by atoms with Crippen molar-refractivity contribution in [1.82, 2.24) is 0 Å². The Morgan fingerprint density at radius 3 is 2.50 bits per heavy atom. The van der Waals surface area contributed by atoms with Crippen LogP contribution in [0.1, 0.15) is 44.3 Å². The molecule has 2 rings (SSSR count). The van der Waals surface area contributed by atoms with Crippen molar-refractivity contribution in [3.8, 4) is 5.75 Å². The highest BCUT2D eigenvalue weighted by Gasteiger charge is 2.26. The predicted octanol–water partition coefficient (Wildman–Crippen LogP) is 3.31. The second-order valence-electron chi connectivity index (χ2n) is 4.55. The number of hydrogen-bond acceptors (Lipinski definition) is 2. The smallest absolute Gasteiger partial charge is 0.119 e. The van der Waals surface area contributed by atoms with Crippen LogP contribution in [0.2, 0.25) is 0 Å². The summed E-state index contributed by atoms with van der Waals surface area (Å²) in [5, 5.41) is 10.1. The van der Waals surface area contributed by atoms with Gasteiger partial charge in [-0.25, -0.2) is 0 Å². The predicted molar refractivity (Wildman–Crippen MR) is 64.5 cm³/mol. The van der Waals surface area contributed by atoms with Crippen LogP contribution in [0.4, 0.5) is 0 Å². The van der Waals surface area contributed by atoms with Gasteiger partial charge in [-0.3, -0.25) is 0 Å². The van der Waals surface area contributed by atoms with Gasteiger partial charge in [-0.2, -0.15) is 0 Å². The lowest BCUT2D eigenvalue weighted by atomic mass is 9.79. The molecule has 0 aromatic heterocycles. The molecule has 0 bridgehead atoms. The van der Waals surface area contributed by atoms with E-state index < -0.39 is 0 Å². The van der Waals surface area contributed by atoms with Gasteiger partial charge in [0.25, 0.3) is 0 Å². The second-order valence-corrected chi connectivity index (χ2v) is 4.55. The van der Waals surface area contributed by atoms with Gasteiger partial charge in [-0.05, 0) is 42.9 Å². The maximum absolute atomic E-state index is 10.1. The standard InChI is InChI=1S/C14H20O2/c1-2-10-16-13-8-6-12(7-9-13)14(15)11-4-3-5-11/h6-9,11,14-15H,2-5,10H2,1H3. The zero-order valence-corrected chi connectivity index (χ0v) is 9.86. The third kappa shape index (κ3) is 2.56. The summed E-state index contributed by atoms with van der Waals surface area (Å²) in [6.07, 6.45) is 4.32. The summed E-state index contributed by atoms with van der Waals surface area (Å²) in [6, 6.07) is 7.86. The van der Waals surface area contributed by atoms with E-state index in [1.54, 1.807) is 0 Å². The van der Waals surface area contributed by atoms with Gasteiger partial charge in [0.05, 0.1) is 12.7 Å². The Hall–Kier alpha value is -1.02. The number of hydrogen-bond donors (Lipinski definition) is 1. The fraction of sp³-hybridized carbons (Fsp3) is 0.571. The fourth-order valence-corrected chi connectivity index (χ4v) is 2.01. The van der Waals surface area contributed by atoms with Crippen LogP contribution in [-0.4, -0.2) is 11.7 Å². The van der Waals surface area contributed by atoms with E-state index >= 15 is 0 Å². The molecule has 0 amide bonds. The molecule has 1 aliphatic rings. The average Bonchev–Trinajstić information content (AvgIpc) is 2.24. The zero-order chi connectivity index (χ0) is 11.4. The van der Waals surface area contributed by atoms with E-state index in [1.807, 2.05) is 24.3 Å². The summed E-state index contributed by atoms with van der Waals surface area (Å²) < 4.78 is 5.51. The summed E-state index contributed by atoms with van der Waals surface area (Å²) in [5.41, 5.74) is 1.02. The van der Waals surface area contributed by atoms with Crippen molar-refractivity contribution in [2.24, 2.45) is 5.92 Å². The molecule has 0 heterocycles. The SMILES string of the molecule is CCCOc1ccc(C(O)C2CCC2)cc1. The Morgan fingerprint density at radius 2 is 2.00 bits per heavy atom. The molecule has 1 fully saturated rings. The summed E-state index contributed by atoms with van der Waals surface area (Å²) in [4.78, 5) is 0. The first-order valence-electron chi connectivity index (χ1n) is 6.22. The minimum atomic E-state index is -0.283. The molecule has 1 N–H and O–H groups in total. The normalized spacial score (nSPS) is 17.9. The Kier molecular flexibility index (Phi) is 3.83. The minimum absolute atomic E-state index is 0.283. The van der Waals surface area contributed by atoms with E-state index in [-0.39, 0.29) is 6.10 Å². The van der Waals surface area contributed by atoms with Crippen LogP contribution in [0, 0.1) is 5.92 Å². The highest BCUT2D eigenvalue weighted by Crippen LogP contribution is 2.37. The number of aliphatic hydroxyl groups excluding tert-OH is 1. The van der Waals surface area contributed by atoms with E-state index in [0.29, 0.717) is 5.92 Å². The average molecular weight is 220 g/mol. The van der Waals surface area contributed by atoms with Crippen molar-refractivity contribution in [2.45, 2.75) is 38.7 Å². The number of benzene rings is 1. The van der Waals surface area contributed by atoms with Gasteiger partial charge in [0.15, 0.2) is 0 Å². The quantitative estimate of drug-likeness (QED) is 0.825. The Morgan fingerprint density at radius 1 is 1.31 bits per heavy atom. The molecular weight excluding hydrogens is 200 g/mol. The van der Waals surface area contributed by atoms with Crippen LogP contribution in [0.5, 0.6) is 5.75 Å². The maximum Gasteiger partial charge on any atom is 0.119 e. The Balaban J connectivity index is 1.95. The van der Waals surface area contributed by atoms with Gasteiger partial charge in [-0.1, -0.05) is 25.5 Å². The molecule has 2 heteroatoms. The Labute approximate surface area is 97.3 Å². The monoisotopic (exact) mass is 220 g/mol. The molecule has 1 aliphatic carbocycles. The third-order valence-electron chi connectivity index (χ3n) is 3.29. The molecule has 1 aromatic rings. The zero-order valence-electron chi connectivity index (χ0n) is 9.86. The number of rotatable bonds is 5. The van der Waals surface area contributed by atoms with Crippen molar-refractivity contribution in [1.29, 1.82) is 0 Å². The number of ether oxygens (including phenoxy) is 1. The molecular formula is C14H20O2. The highest BCUT2D eigenvalue weighted by atomic mass is 16.5. The van der Waals surface area contributed by atoms with Crippen LogP contribution in [0.15, 0.2) is 24.3 Å². The first-order valence-corrected chi connectivity index (χ1v) is 6.22. The Bertz CT molecular complexity index is 314. The van der Waals surface area contributed by atoms with E-state index in [9.17, 15) is 5.11 Å². The third-order valence-corrected chi connectivity index (χ3v) is 3.29. The summed E-state index contributed by atoms with van der Waals surface area (Å²) in [6.45, 7) is 2.85. The molecule has 0 saturated heterocycles.